The summed E-state index contributed by atoms with van der Waals surface area (Å²) < 4.78 is 0.784. The van der Waals surface area contributed by atoms with Gasteiger partial charge in [-0.3, -0.25) is 4.79 Å². The fourth-order valence-corrected chi connectivity index (χ4v) is 3.76. The van der Waals surface area contributed by atoms with Crippen LogP contribution in [0.15, 0.2) is 22.8 Å². The van der Waals surface area contributed by atoms with Gasteiger partial charge in [-0.1, -0.05) is 0 Å². The Bertz CT molecular complexity index is 490. The molecular formula is C15H20BrN3O. The summed E-state index contributed by atoms with van der Waals surface area (Å²) in [7, 11) is 0. The zero-order chi connectivity index (χ0) is 14.0. The Morgan fingerprint density at radius 2 is 1.95 bits per heavy atom. The summed E-state index contributed by atoms with van der Waals surface area (Å²) in [4.78, 5) is 18.7. The molecule has 0 unspecified atom stereocenters. The van der Waals surface area contributed by atoms with Gasteiger partial charge in [0, 0.05) is 23.8 Å². The maximum Gasteiger partial charge on any atom is 0.273 e. The maximum atomic E-state index is 12.5. The SMILES string of the molecule is O=C(c1ncccc1Br)N1CCC2(CCNCC2)CC1. The van der Waals surface area contributed by atoms with Gasteiger partial charge in [0.1, 0.15) is 5.69 Å². The topological polar surface area (TPSA) is 45.2 Å². The van der Waals surface area contributed by atoms with Gasteiger partial charge in [0.15, 0.2) is 0 Å². The fourth-order valence-electron chi connectivity index (χ4n) is 3.33. The van der Waals surface area contributed by atoms with Gasteiger partial charge in [-0.25, -0.2) is 4.98 Å². The van der Waals surface area contributed by atoms with Crippen molar-refractivity contribution in [2.45, 2.75) is 25.7 Å². The molecule has 0 aliphatic carbocycles. The first-order valence-corrected chi connectivity index (χ1v) is 8.10. The number of rotatable bonds is 1. The lowest BCUT2D eigenvalue weighted by Gasteiger charge is -2.44. The minimum atomic E-state index is 0.0567. The van der Waals surface area contributed by atoms with E-state index in [0.29, 0.717) is 11.1 Å². The van der Waals surface area contributed by atoms with Crippen LogP contribution in [0.2, 0.25) is 0 Å². The first kappa shape index (κ1) is 14.0. The number of hydrogen-bond acceptors (Lipinski definition) is 3. The molecule has 20 heavy (non-hydrogen) atoms. The van der Waals surface area contributed by atoms with Crippen LogP contribution in [0.25, 0.3) is 0 Å². The average molecular weight is 338 g/mol. The van der Waals surface area contributed by atoms with Crippen LogP contribution >= 0.6 is 15.9 Å². The monoisotopic (exact) mass is 337 g/mol. The molecule has 1 aromatic heterocycles. The predicted octanol–water partition coefficient (Wildman–Crippen LogP) is 2.45. The lowest BCUT2D eigenvalue weighted by Crippen LogP contribution is -2.47. The van der Waals surface area contributed by atoms with Gasteiger partial charge in [0.05, 0.1) is 0 Å². The fraction of sp³-hybridized carbons (Fsp3) is 0.600. The van der Waals surface area contributed by atoms with Crippen molar-refractivity contribution in [2.24, 2.45) is 5.41 Å². The highest BCUT2D eigenvalue weighted by atomic mass is 79.9. The minimum Gasteiger partial charge on any atom is -0.337 e. The standard InChI is InChI=1S/C15H20BrN3O/c16-12-2-1-7-18-13(12)14(20)19-10-5-15(6-11-19)3-8-17-9-4-15/h1-2,7,17H,3-6,8-11H2. The second-order valence-electron chi connectivity index (χ2n) is 5.88. The number of amides is 1. The molecule has 0 radical (unpaired) electrons. The quantitative estimate of drug-likeness (QED) is 0.856. The first-order chi connectivity index (χ1) is 9.70. The Hall–Kier alpha value is -0.940. The molecule has 2 fully saturated rings. The maximum absolute atomic E-state index is 12.5. The van der Waals surface area contributed by atoms with Crippen LogP contribution in [0.1, 0.15) is 36.2 Å². The smallest absolute Gasteiger partial charge is 0.273 e. The van der Waals surface area contributed by atoms with Gasteiger partial charge in [0.25, 0.3) is 5.91 Å². The molecule has 4 nitrogen and oxygen atoms in total. The zero-order valence-corrected chi connectivity index (χ0v) is 13.2. The summed E-state index contributed by atoms with van der Waals surface area (Å²) in [6, 6.07) is 3.71. The number of likely N-dealkylation sites (tertiary alicyclic amines) is 1. The van der Waals surface area contributed by atoms with Crippen LogP contribution in [0.4, 0.5) is 0 Å². The van der Waals surface area contributed by atoms with E-state index < -0.39 is 0 Å². The molecule has 0 bridgehead atoms. The Kier molecular flexibility index (Phi) is 4.08. The third kappa shape index (κ3) is 2.74. The normalized spacial score (nSPS) is 21.9. The Labute approximate surface area is 128 Å². The highest BCUT2D eigenvalue weighted by Gasteiger charge is 2.37. The number of nitrogens with zero attached hydrogens (tertiary/aromatic N) is 2. The number of carbonyl (C=O) groups is 1. The number of pyridine rings is 1. The molecule has 1 aromatic rings. The van der Waals surface area contributed by atoms with Crippen LogP contribution in [0, 0.1) is 5.41 Å². The van der Waals surface area contributed by atoms with Gasteiger partial charge in [-0.15, -0.1) is 0 Å². The second kappa shape index (κ2) is 5.82. The van der Waals surface area contributed by atoms with Gasteiger partial charge < -0.3 is 10.2 Å². The van der Waals surface area contributed by atoms with Crippen LogP contribution in [0.5, 0.6) is 0 Å². The van der Waals surface area contributed by atoms with Crippen molar-refractivity contribution in [1.82, 2.24) is 15.2 Å². The number of nitrogens with one attached hydrogen (secondary N) is 1. The van der Waals surface area contributed by atoms with E-state index in [1.54, 1.807) is 6.20 Å². The van der Waals surface area contributed by atoms with Crippen LogP contribution in [0.3, 0.4) is 0 Å². The summed E-state index contributed by atoms with van der Waals surface area (Å²) in [6.07, 6.45) is 6.44. The summed E-state index contributed by atoms with van der Waals surface area (Å²) in [5.74, 6) is 0.0567. The molecule has 2 saturated heterocycles. The van der Waals surface area contributed by atoms with E-state index in [-0.39, 0.29) is 5.91 Å². The van der Waals surface area contributed by atoms with Crippen LogP contribution < -0.4 is 5.32 Å². The predicted molar refractivity (Wildman–Crippen MR) is 81.6 cm³/mol. The molecular weight excluding hydrogens is 318 g/mol. The second-order valence-corrected chi connectivity index (χ2v) is 6.73. The molecule has 3 rings (SSSR count). The molecule has 1 spiro atoms. The van der Waals surface area contributed by atoms with Crippen molar-refractivity contribution in [3.8, 4) is 0 Å². The third-order valence-electron chi connectivity index (χ3n) is 4.74. The minimum absolute atomic E-state index is 0.0567. The van der Waals surface area contributed by atoms with Crippen molar-refractivity contribution in [3.63, 3.8) is 0 Å². The van der Waals surface area contributed by atoms with Gasteiger partial charge in [0.2, 0.25) is 0 Å². The van der Waals surface area contributed by atoms with Crippen molar-refractivity contribution < 1.29 is 4.79 Å². The Morgan fingerprint density at radius 3 is 2.60 bits per heavy atom. The third-order valence-corrected chi connectivity index (χ3v) is 5.38. The molecule has 2 aliphatic heterocycles. The zero-order valence-electron chi connectivity index (χ0n) is 11.6. The summed E-state index contributed by atoms with van der Waals surface area (Å²) in [5.41, 5.74) is 1.01. The summed E-state index contributed by atoms with van der Waals surface area (Å²) >= 11 is 3.42. The lowest BCUT2D eigenvalue weighted by atomic mass is 9.71. The summed E-state index contributed by atoms with van der Waals surface area (Å²) in [6.45, 7) is 3.98. The Morgan fingerprint density at radius 1 is 1.25 bits per heavy atom. The number of hydrogen-bond donors (Lipinski definition) is 1. The molecule has 1 amide bonds. The highest BCUT2D eigenvalue weighted by Crippen LogP contribution is 2.39. The van der Waals surface area contributed by atoms with Crippen LogP contribution in [-0.4, -0.2) is 42.0 Å². The van der Waals surface area contributed by atoms with E-state index in [1.807, 2.05) is 17.0 Å². The summed E-state index contributed by atoms with van der Waals surface area (Å²) in [5, 5.41) is 3.43. The van der Waals surface area contributed by atoms with Crippen molar-refractivity contribution in [1.29, 1.82) is 0 Å². The van der Waals surface area contributed by atoms with Gasteiger partial charge >= 0.3 is 0 Å². The molecule has 0 aromatic carbocycles. The van der Waals surface area contributed by atoms with E-state index in [4.69, 9.17) is 0 Å². The molecule has 3 heterocycles. The van der Waals surface area contributed by atoms with E-state index in [9.17, 15) is 4.79 Å². The van der Waals surface area contributed by atoms with E-state index in [1.165, 1.54) is 12.8 Å². The number of halogens is 1. The Balaban J connectivity index is 1.66. The van der Waals surface area contributed by atoms with Crippen molar-refractivity contribution in [3.05, 3.63) is 28.5 Å². The highest BCUT2D eigenvalue weighted by molar-refractivity contribution is 9.10. The van der Waals surface area contributed by atoms with E-state index >= 15 is 0 Å². The van der Waals surface area contributed by atoms with Crippen molar-refractivity contribution >= 4 is 21.8 Å². The van der Waals surface area contributed by atoms with Gasteiger partial charge in [-0.05, 0) is 72.3 Å². The number of aromatic nitrogens is 1. The van der Waals surface area contributed by atoms with E-state index in [2.05, 4.69) is 26.2 Å². The molecule has 5 heteroatoms. The molecule has 1 N–H and O–H groups in total. The van der Waals surface area contributed by atoms with Gasteiger partial charge in [-0.2, -0.15) is 0 Å². The number of carbonyl (C=O) groups excluding carboxylic acids is 1. The average Bonchev–Trinajstić information content (AvgIpc) is 2.49. The number of piperidine rings is 2. The van der Waals surface area contributed by atoms with E-state index in [0.717, 1.165) is 43.5 Å². The van der Waals surface area contributed by atoms with Crippen LogP contribution in [-0.2, 0) is 0 Å². The molecule has 108 valence electrons. The van der Waals surface area contributed by atoms with Crippen molar-refractivity contribution in [2.75, 3.05) is 26.2 Å². The molecule has 0 saturated carbocycles. The lowest BCUT2D eigenvalue weighted by molar-refractivity contribution is 0.0490. The molecule has 2 aliphatic rings. The largest absolute Gasteiger partial charge is 0.337 e. The molecule has 0 atom stereocenters. The first-order valence-electron chi connectivity index (χ1n) is 7.31.